The van der Waals surface area contributed by atoms with Crippen molar-refractivity contribution >= 4 is 29.8 Å². The van der Waals surface area contributed by atoms with Gasteiger partial charge >= 0.3 is 0 Å². The Kier molecular flexibility index (Phi) is 8.57. The smallest absolute Gasteiger partial charge is 0.214 e. The van der Waals surface area contributed by atoms with E-state index in [0.717, 1.165) is 4.91 Å². The lowest BCUT2D eigenvalue weighted by Gasteiger charge is -2.21. The molecule has 3 N–H and O–H groups in total. The number of nitrogen functional groups attached to an aromatic ring is 1. The number of amides is 1. The maximum absolute atomic E-state index is 12.2. The number of ketones is 1. The van der Waals surface area contributed by atoms with Gasteiger partial charge in [0.2, 0.25) is 6.41 Å². The van der Waals surface area contributed by atoms with Crippen LogP contribution in [0.15, 0.2) is 58.6 Å². The number of thioether (sulfide) groups is 1. The molecule has 0 unspecified atom stereocenters. The summed E-state index contributed by atoms with van der Waals surface area (Å²) >= 11 is 1.29. The first-order valence-electron chi connectivity index (χ1n) is 8.99. The Labute approximate surface area is 174 Å². The molecule has 8 heteroatoms. The zero-order valence-electron chi connectivity index (χ0n) is 16.4. The van der Waals surface area contributed by atoms with Crippen molar-refractivity contribution in [1.82, 2.24) is 14.9 Å². The van der Waals surface area contributed by atoms with E-state index in [-0.39, 0.29) is 18.9 Å². The number of rotatable bonds is 10. The number of nitrogens with two attached hydrogens (primary N) is 1. The number of aliphatic hydroxyl groups excluding tert-OH is 1. The van der Waals surface area contributed by atoms with Crippen molar-refractivity contribution in [3.8, 4) is 0 Å². The highest BCUT2D eigenvalue weighted by Gasteiger charge is 2.13. The molecule has 0 saturated heterocycles. The quantitative estimate of drug-likeness (QED) is 0.351. The van der Waals surface area contributed by atoms with Crippen LogP contribution in [-0.4, -0.2) is 38.8 Å². The largest absolute Gasteiger partial charge is 0.396 e. The fourth-order valence-electron chi connectivity index (χ4n) is 2.52. The second kappa shape index (κ2) is 11.1. The van der Waals surface area contributed by atoms with Crippen molar-refractivity contribution in [1.29, 1.82) is 0 Å². The van der Waals surface area contributed by atoms with E-state index in [2.05, 4.69) is 9.97 Å². The average Bonchev–Trinajstić information content (AvgIpc) is 2.72. The van der Waals surface area contributed by atoms with Gasteiger partial charge in [0.15, 0.2) is 5.78 Å². The summed E-state index contributed by atoms with van der Waals surface area (Å²) in [6.45, 7) is 3.65. The van der Waals surface area contributed by atoms with E-state index >= 15 is 0 Å². The SMILES string of the molecule is C/C(=C(\CCO)S/C=C\C(=O)c1ccccc1)N(C=O)Cc1cnc(C)nc1N. The van der Waals surface area contributed by atoms with Crippen molar-refractivity contribution in [2.45, 2.75) is 26.8 Å². The summed E-state index contributed by atoms with van der Waals surface area (Å²) in [4.78, 5) is 34.3. The van der Waals surface area contributed by atoms with Crippen molar-refractivity contribution in [2.24, 2.45) is 0 Å². The maximum atomic E-state index is 12.2. The predicted octanol–water partition coefficient (Wildman–Crippen LogP) is 3.07. The third-order valence-electron chi connectivity index (χ3n) is 4.15. The Morgan fingerprint density at radius 2 is 2.03 bits per heavy atom. The Morgan fingerprint density at radius 3 is 2.66 bits per heavy atom. The van der Waals surface area contributed by atoms with Crippen molar-refractivity contribution < 1.29 is 14.7 Å². The summed E-state index contributed by atoms with van der Waals surface area (Å²) < 4.78 is 0. The molecule has 0 saturated carbocycles. The van der Waals surface area contributed by atoms with Gasteiger partial charge in [-0.1, -0.05) is 30.3 Å². The van der Waals surface area contributed by atoms with Crippen LogP contribution in [0.25, 0.3) is 0 Å². The molecule has 0 aliphatic carbocycles. The minimum Gasteiger partial charge on any atom is -0.396 e. The topological polar surface area (TPSA) is 109 Å². The van der Waals surface area contributed by atoms with Crippen LogP contribution < -0.4 is 5.73 Å². The molecule has 0 atom stereocenters. The number of aliphatic hydroxyl groups is 1. The fraction of sp³-hybridized carbons (Fsp3) is 0.238. The maximum Gasteiger partial charge on any atom is 0.214 e. The van der Waals surface area contributed by atoms with Crippen LogP contribution in [0.4, 0.5) is 5.82 Å². The minimum absolute atomic E-state index is 0.0807. The van der Waals surface area contributed by atoms with Gasteiger partial charge in [-0.15, -0.1) is 11.8 Å². The molecule has 0 bridgehead atoms. The lowest BCUT2D eigenvalue weighted by molar-refractivity contribution is -0.116. The highest BCUT2D eigenvalue weighted by Crippen LogP contribution is 2.27. The summed E-state index contributed by atoms with van der Waals surface area (Å²) in [5, 5.41) is 11.1. The molecule has 29 heavy (non-hydrogen) atoms. The molecular weight excluding hydrogens is 388 g/mol. The van der Waals surface area contributed by atoms with E-state index in [0.29, 0.717) is 41.3 Å². The Balaban J connectivity index is 2.16. The van der Waals surface area contributed by atoms with Crippen LogP contribution in [0.1, 0.15) is 35.1 Å². The molecule has 0 spiro atoms. The van der Waals surface area contributed by atoms with Gasteiger partial charge in [-0.25, -0.2) is 9.97 Å². The van der Waals surface area contributed by atoms with Gasteiger partial charge in [-0.3, -0.25) is 9.59 Å². The number of aromatic nitrogens is 2. The summed E-state index contributed by atoms with van der Waals surface area (Å²) in [5.74, 6) is 0.763. The van der Waals surface area contributed by atoms with Crippen LogP contribution in [-0.2, 0) is 11.3 Å². The first kappa shape index (κ1) is 22.3. The molecule has 0 aliphatic heterocycles. The summed E-state index contributed by atoms with van der Waals surface area (Å²) in [7, 11) is 0. The predicted molar refractivity (Wildman–Crippen MR) is 115 cm³/mol. The number of carbonyl (C=O) groups excluding carboxylic acids is 2. The van der Waals surface area contributed by atoms with Crippen LogP contribution >= 0.6 is 11.8 Å². The Morgan fingerprint density at radius 1 is 1.31 bits per heavy atom. The normalized spacial score (nSPS) is 12.0. The zero-order valence-corrected chi connectivity index (χ0v) is 17.2. The highest BCUT2D eigenvalue weighted by atomic mass is 32.2. The summed E-state index contributed by atoms with van der Waals surface area (Å²) in [5.41, 5.74) is 7.81. The van der Waals surface area contributed by atoms with Gasteiger partial charge in [-0.2, -0.15) is 0 Å². The van der Waals surface area contributed by atoms with E-state index in [1.165, 1.54) is 22.7 Å². The molecule has 1 aromatic carbocycles. The fourth-order valence-corrected chi connectivity index (χ4v) is 3.37. The van der Waals surface area contributed by atoms with Crippen molar-refractivity contribution in [3.05, 3.63) is 75.6 Å². The first-order chi connectivity index (χ1) is 14.0. The van der Waals surface area contributed by atoms with Gasteiger partial charge in [0.1, 0.15) is 11.6 Å². The Bertz CT molecular complexity index is 913. The van der Waals surface area contributed by atoms with Gasteiger partial charge in [0.05, 0.1) is 6.54 Å². The number of carbonyl (C=O) groups is 2. The zero-order chi connectivity index (χ0) is 21.2. The third-order valence-corrected chi connectivity index (χ3v) is 5.20. The van der Waals surface area contributed by atoms with Gasteiger partial charge in [0, 0.05) is 41.0 Å². The van der Waals surface area contributed by atoms with Crippen LogP contribution in [0.3, 0.4) is 0 Å². The molecule has 2 aromatic rings. The number of anilines is 1. The van der Waals surface area contributed by atoms with E-state index in [9.17, 15) is 14.7 Å². The number of nitrogens with zero attached hydrogens (tertiary/aromatic N) is 3. The van der Waals surface area contributed by atoms with E-state index in [1.807, 2.05) is 6.07 Å². The molecule has 2 rings (SSSR count). The lowest BCUT2D eigenvalue weighted by Crippen LogP contribution is -2.21. The molecule has 0 aliphatic rings. The Hall–Kier alpha value is -2.97. The number of benzene rings is 1. The average molecular weight is 413 g/mol. The molecule has 7 nitrogen and oxygen atoms in total. The molecule has 0 fully saturated rings. The van der Waals surface area contributed by atoms with Gasteiger partial charge in [-0.05, 0) is 25.3 Å². The van der Waals surface area contributed by atoms with Gasteiger partial charge in [0.25, 0.3) is 0 Å². The van der Waals surface area contributed by atoms with Crippen LogP contribution in [0.5, 0.6) is 0 Å². The second-order valence-corrected chi connectivity index (χ2v) is 7.19. The number of hydrogen-bond acceptors (Lipinski definition) is 7. The molecule has 1 heterocycles. The van der Waals surface area contributed by atoms with E-state index in [1.54, 1.807) is 49.7 Å². The monoisotopic (exact) mass is 412 g/mol. The summed E-state index contributed by atoms with van der Waals surface area (Å²) in [6.07, 6.45) is 4.12. The van der Waals surface area contributed by atoms with Gasteiger partial charge < -0.3 is 15.7 Å². The lowest BCUT2D eigenvalue weighted by atomic mass is 10.1. The van der Waals surface area contributed by atoms with E-state index in [4.69, 9.17) is 5.73 Å². The molecule has 152 valence electrons. The molecular formula is C21H24N4O3S. The second-order valence-electron chi connectivity index (χ2n) is 6.19. The number of hydrogen-bond donors (Lipinski definition) is 2. The highest BCUT2D eigenvalue weighted by molar-refractivity contribution is 8.05. The summed E-state index contributed by atoms with van der Waals surface area (Å²) in [6, 6.07) is 8.95. The molecule has 1 amide bonds. The van der Waals surface area contributed by atoms with Crippen molar-refractivity contribution in [2.75, 3.05) is 12.3 Å². The van der Waals surface area contributed by atoms with Crippen molar-refractivity contribution in [3.63, 3.8) is 0 Å². The molecule has 0 radical (unpaired) electrons. The number of allylic oxidation sites excluding steroid dienone is 2. The standard InChI is InChI=1S/C21H24N4O3S/c1-15(25(14-27)13-18-12-23-16(2)24-21(18)22)20(8-10-26)29-11-9-19(28)17-6-4-3-5-7-17/h3-7,9,11-12,14,26H,8,10,13H2,1-2H3,(H2,22,23,24)/b11-9-,20-15-. The van der Waals surface area contributed by atoms with Crippen LogP contribution in [0, 0.1) is 6.92 Å². The first-order valence-corrected chi connectivity index (χ1v) is 9.87. The minimum atomic E-state index is -0.115. The number of aryl methyl sites for hydroxylation is 1. The molecule has 1 aromatic heterocycles. The third kappa shape index (κ3) is 6.55. The van der Waals surface area contributed by atoms with E-state index < -0.39 is 0 Å². The van der Waals surface area contributed by atoms with Crippen LogP contribution in [0.2, 0.25) is 0 Å².